The lowest BCUT2D eigenvalue weighted by atomic mass is 10.2. The molecule has 104 valence electrons. The number of carboxylic acid groups (broad SMARTS) is 1. The van der Waals surface area contributed by atoms with Crippen LogP contribution in [0.2, 0.25) is 0 Å². The van der Waals surface area contributed by atoms with Crippen LogP contribution in [-0.2, 0) is 4.79 Å². The molecule has 1 atom stereocenters. The molecule has 0 radical (unpaired) electrons. The Morgan fingerprint density at radius 3 is 2.39 bits per heavy atom. The number of nitrogens with zero attached hydrogens (tertiary/aromatic N) is 1. The van der Waals surface area contributed by atoms with Gasteiger partial charge in [-0.05, 0) is 13.3 Å². The van der Waals surface area contributed by atoms with Gasteiger partial charge in [-0.3, -0.25) is 0 Å². The molecule has 0 heterocycles. The van der Waals surface area contributed by atoms with Crippen molar-refractivity contribution in [1.29, 1.82) is 0 Å². The lowest BCUT2D eigenvalue weighted by molar-refractivity contribution is -0.140. The van der Waals surface area contributed by atoms with Crippen LogP contribution in [0.15, 0.2) is 12.7 Å². The Balaban J connectivity index is 4.59. The van der Waals surface area contributed by atoms with Gasteiger partial charge < -0.3 is 15.3 Å². The molecule has 0 saturated carbocycles. The zero-order chi connectivity index (χ0) is 14.3. The van der Waals surface area contributed by atoms with E-state index < -0.39 is 30.8 Å². The first-order valence-corrected chi connectivity index (χ1v) is 5.17. The van der Waals surface area contributed by atoms with Gasteiger partial charge in [-0.25, -0.2) is 9.59 Å². The van der Waals surface area contributed by atoms with Crippen LogP contribution < -0.4 is 5.32 Å². The van der Waals surface area contributed by atoms with Crippen LogP contribution in [0.5, 0.6) is 0 Å². The van der Waals surface area contributed by atoms with Gasteiger partial charge in [0.15, 0.2) is 0 Å². The van der Waals surface area contributed by atoms with Crippen molar-refractivity contribution in [1.82, 2.24) is 10.2 Å². The first-order valence-electron chi connectivity index (χ1n) is 5.17. The number of hydrogen-bond donors (Lipinski definition) is 2. The van der Waals surface area contributed by atoms with E-state index in [0.29, 0.717) is 4.90 Å². The lowest BCUT2D eigenvalue weighted by Gasteiger charge is -2.24. The highest BCUT2D eigenvalue weighted by Gasteiger charge is 2.33. The second-order valence-electron chi connectivity index (χ2n) is 3.49. The molecule has 0 aliphatic rings. The molecule has 8 heteroatoms. The summed E-state index contributed by atoms with van der Waals surface area (Å²) in [5.41, 5.74) is 0. The number of halogens is 3. The molecule has 0 aliphatic carbocycles. The Morgan fingerprint density at radius 1 is 1.50 bits per heavy atom. The minimum Gasteiger partial charge on any atom is -0.480 e. The number of amides is 2. The van der Waals surface area contributed by atoms with Crippen molar-refractivity contribution in [2.75, 3.05) is 13.1 Å². The second kappa shape index (κ2) is 6.87. The summed E-state index contributed by atoms with van der Waals surface area (Å²) in [6.45, 7) is 3.08. The minimum atomic E-state index is -4.52. The zero-order valence-corrected chi connectivity index (χ0v) is 9.83. The van der Waals surface area contributed by atoms with Crippen molar-refractivity contribution in [2.45, 2.75) is 25.6 Å². The summed E-state index contributed by atoms with van der Waals surface area (Å²) < 4.78 is 36.4. The van der Waals surface area contributed by atoms with Crippen LogP contribution in [0.4, 0.5) is 18.0 Å². The van der Waals surface area contributed by atoms with Gasteiger partial charge in [-0.1, -0.05) is 6.08 Å². The van der Waals surface area contributed by atoms with Crippen LogP contribution in [0.3, 0.4) is 0 Å². The molecule has 1 unspecified atom stereocenters. The van der Waals surface area contributed by atoms with E-state index in [-0.39, 0.29) is 13.0 Å². The number of rotatable bonds is 6. The molecular weight excluding hydrogens is 253 g/mol. The number of urea groups is 1. The Hall–Kier alpha value is -1.73. The van der Waals surface area contributed by atoms with Crippen LogP contribution >= 0.6 is 0 Å². The van der Waals surface area contributed by atoms with E-state index in [9.17, 15) is 22.8 Å². The summed E-state index contributed by atoms with van der Waals surface area (Å²) in [6, 6.07) is -2.35. The second-order valence-corrected chi connectivity index (χ2v) is 3.49. The van der Waals surface area contributed by atoms with Gasteiger partial charge in [0, 0.05) is 6.54 Å². The minimum absolute atomic E-state index is 0.0648. The summed E-state index contributed by atoms with van der Waals surface area (Å²) in [6.07, 6.45) is -3.33. The predicted molar refractivity (Wildman–Crippen MR) is 58.1 cm³/mol. The van der Waals surface area contributed by atoms with E-state index >= 15 is 0 Å². The van der Waals surface area contributed by atoms with Crippen molar-refractivity contribution in [3.8, 4) is 0 Å². The monoisotopic (exact) mass is 268 g/mol. The van der Waals surface area contributed by atoms with Gasteiger partial charge in [0.1, 0.15) is 12.6 Å². The zero-order valence-electron chi connectivity index (χ0n) is 9.83. The summed E-state index contributed by atoms with van der Waals surface area (Å²) in [7, 11) is 0. The van der Waals surface area contributed by atoms with Crippen molar-refractivity contribution >= 4 is 12.0 Å². The third-order valence-corrected chi connectivity index (χ3v) is 2.04. The standard InChI is InChI=1S/C10H15F3N2O3/c1-3-5-7(8(16)17)14-9(18)15(4-2)6-10(11,12)13/h3,7H,1,4-6H2,2H3,(H,14,18)(H,16,17). The van der Waals surface area contributed by atoms with Crippen LogP contribution in [0.1, 0.15) is 13.3 Å². The largest absolute Gasteiger partial charge is 0.480 e. The number of carbonyl (C=O) groups is 2. The fourth-order valence-corrected chi connectivity index (χ4v) is 1.17. The molecule has 0 aromatic heterocycles. The first kappa shape index (κ1) is 16.3. The lowest BCUT2D eigenvalue weighted by Crippen LogP contribution is -2.50. The first-order chi connectivity index (χ1) is 8.21. The van der Waals surface area contributed by atoms with E-state index in [2.05, 4.69) is 6.58 Å². The number of alkyl halides is 3. The molecule has 0 fully saturated rings. The van der Waals surface area contributed by atoms with Gasteiger partial charge in [-0.15, -0.1) is 6.58 Å². The maximum Gasteiger partial charge on any atom is 0.406 e. The molecule has 0 rings (SSSR count). The fourth-order valence-electron chi connectivity index (χ4n) is 1.17. The maximum atomic E-state index is 12.1. The maximum absolute atomic E-state index is 12.1. The number of carbonyl (C=O) groups excluding carboxylic acids is 1. The van der Waals surface area contributed by atoms with E-state index in [1.807, 2.05) is 5.32 Å². The summed E-state index contributed by atoms with van der Waals surface area (Å²) in [5.74, 6) is -1.33. The Labute approximate surface area is 102 Å². The van der Waals surface area contributed by atoms with Gasteiger partial charge in [0.2, 0.25) is 0 Å². The average Bonchev–Trinajstić information content (AvgIpc) is 2.23. The predicted octanol–water partition coefficient (Wildman–Crippen LogP) is 1.61. The van der Waals surface area contributed by atoms with Crippen LogP contribution in [0.25, 0.3) is 0 Å². The Bertz CT molecular complexity index is 318. The molecule has 0 aliphatic heterocycles. The summed E-state index contributed by atoms with van der Waals surface area (Å²) in [4.78, 5) is 22.7. The van der Waals surface area contributed by atoms with Gasteiger partial charge in [-0.2, -0.15) is 13.2 Å². The van der Waals surface area contributed by atoms with E-state index in [1.165, 1.54) is 13.0 Å². The Kier molecular flexibility index (Phi) is 6.21. The SMILES string of the molecule is C=CCC(NC(=O)N(CC)CC(F)(F)F)C(=O)O. The fraction of sp³-hybridized carbons (Fsp3) is 0.600. The summed E-state index contributed by atoms with van der Waals surface area (Å²) in [5, 5.41) is 10.7. The van der Waals surface area contributed by atoms with Gasteiger partial charge >= 0.3 is 18.2 Å². The summed E-state index contributed by atoms with van der Waals surface area (Å²) >= 11 is 0. The topological polar surface area (TPSA) is 69.6 Å². The molecular formula is C10H15F3N2O3. The molecule has 18 heavy (non-hydrogen) atoms. The van der Waals surface area contributed by atoms with Crippen molar-refractivity contribution < 1.29 is 27.9 Å². The van der Waals surface area contributed by atoms with Crippen molar-refractivity contribution in [2.24, 2.45) is 0 Å². The highest BCUT2D eigenvalue weighted by atomic mass is 19.4. The highest BCUT2D eigenvalue weighted by molar-refractivity contribution is 5.82. The molecule has 0 saturated heterocycles. The molecule has 2 amide bonds. The third kappa shape index (κ3) is 6.12. The highest BCUT2D eigenvalue weighted by Crippen LogP contribution is 2.16. The number of carboxylic acids is 1. The molecule has 2 N–H and O–H groups in total. The molecule has 0 aromatic rings. The van der Waals surface area contributed by atoms with E-state index in [0.717, 1.165) is 0 Å². The Morgan fingerprint density at radius 2 is 2.06 bits per heavy atom. The van der Waals surface area contributed by atoms with Crippen LogP contribution in [0, 0.1) is 0 Å². The van der Waals surface area contributed by atoms with Crippen molar-refractivity contribution in [3.63, 3.8) is 0 Å². The number of hydrogen-bond acceptors (Lipinski definition) is 2. The molecule has 0 bridgehead atoms. The normalized spacial score (nSPS) is 12.7. The molecule has 0 spiro atoms. The van der Waals surface area contributed by atoms with E-state index in [4.69, 9.17) is 5.11 Å². The number of aliphatic carboxylic acids is 1. The smallest absolute Gasteiger partial charge is 0.406 e. The third-order valence-electron chi connectivity index (χ3n) is 2.04. The van der Waals surface area contributed by atoms with Crippen molar-refractivity contribution in [3.05, 3.63) is 12.7 Å². The van der Waals surface area contributed by atoms with Crippen LogP contribution in [-0.4, -0.2) is 47.3 Å². The number of nitrogens with one attached hydrogen (secondary N) is 1. The van der Waals surface area contributed by atoms with Gasteiger partial charge in [0.05, 0.1) is 0 Å². The average molecular weight is 268 g/mol. The van der Waals surface area contributed by atoms with E-state index in [1.54, 1.807) is 0 Å². The van der Waals surface area contributed by atoms with Gasteiger partial charge in [0.25, 0.3) is 0 Å². The quantitative estimate of drug-likeness (QED) is 0.719. The molecule has 0 aromatic carbocycles. The molecule has 5 nitrogen and oxygen atoms in total.